The van der Waals surface area contributed by atoms with Crippen LogP contribution in [0.4, 0.5) is 0 Å². The molecule has 0 saturated carbocycles. The zero-order valence-electron chi connectivity index (χ0n) is 28.7. The average Bonchev–Trinajstić information content (AvgIpc) is 2.94. The van der Waals surface area contributed by atoms with Gasteiger partial charge in [0.05, 0.1) is 39.9 Å². The lowest BCUT2D eigenvalue weighted by Crippen LogP contribution is -2.45. The molecule has 0 saturated heterocycles. The summed E-state index contributed by atoms with van der Waals surface area (Å²) in [5.74, 6) is -0.202. The summed E-state index contributed by atoms with van der Waals surface area (Å²) in [4.78, 5) is 25.0. The number of likely N-dealkylation sites (N-methyl/N-ethyl adjacent to an activating group) is 1. The fourth-order valence-corrected chi connectivity index (χ4v) is 5.58. The molecule has 0 aliphatic carbocycles. The third kappa shape index (κ3) is 29.7. The number of carbonyl (C=O) groups is 1. The van der Waals surface area contributed by atoms with E-state index >= 15 is 0 Å². The number of quaternary nitrogens is 1. The molecule has 0 aromatic rings. The van der Waals surface area contributed by atoms with E-state index in [0.29, 0.717) is 17.4 Å². The number of phosphoric ester groups is 1. The Morgan fingerprint density at radius 1 is 0.791 bits per heavy atom. The maximum absolute atomic E-state index is 12.7. The summed E-state index contributed by atoms with van der Waals surface area (Å²) in [5, 5.41) is 13.6. The summed E-state index contributed by atoms with van der Waals surface area (Å²) >= 11 is 0. The van der Waals surface area contributed by atoms with E-state index in [2.05, 4.69) is 19.2 Å². The summed E-state index contributed by atoms with van der Waals surface area (Å²) in [5.41, 5.74) is 0. The van der Waals surface area contributed by atoms with Crippen molar-refractivity contribution in [3.05, 3.63) is 12.2 Å². The van der Waals surface area contributed by atoms with Crippen LogP contribution in [0.15, 0.2) is 12.2 Å². The van der Waals surface area contributed by atoms with Crippen molar-refractivity contribution in [2.75, 3.05) is 40.9 Å². The predicted molar refractivity (Wildman–Crippen MR) is 178 cm³/mol. The molecule has 0 aliphatic rings. The molecule has 0 heterocycles. The van der Waals surface area contributed by atoms with Crippen molar-refractivity contribution in [3.8, 4) is 0 Å². The molecule has 8 nitrogen and oxygen atoms in total. The van der Waals surface area contributed by atoms with Crippen LogP contribution in [0.5, 0.6) is 0 Å². The minimum atomic E-state index is -4.56. The number of unbranched alkanes of at least 4 members (excludes halogenated alkanes) is 18. The summed E-state index contributed by atoms with van der Waals surface area (Å²) in [6, 6.07) is -0.876. The molecule has 2 N–H and O–H groups in total. The molecule has 1 amide bonds. The highest BCUT2D eigenvalue weighted by atomic mass is 31.2. The number of nitrogens with zero attached hydrogens (tertiary/aromatic N) is 1. The molecule has 0 rings (SSSR count). The lowest BCUT2D eigenvalue weighted by molar-refractivity contribution is -0.870. The third-order valence-electron chi connectivity index (χ3n) is 7.75. The number of rotatable bonds is 31. The minimum Gasteiger partial charge on any atom is -0.756 e. The van der Waals surface area contributed by atoms with Gasteiger partial charge in [-0.3, -0.25) is 9.36 Å². The summed E-state index contributed by atoms with van der Waals surface area (Å²) in [7, 11) is 1.26. The van der Waals surface area contributed by atoms with Crippen LogP contribution in [0.2, 0.25) is 0 Å². The summed E-state index contributed by atoms with van der Waals surface area (Å²) in [6.07, 6.45) is 26.8. The molecule has 0 aliphatic heterocycles. The van der Waals surface area contributed by atoms with Crippen LogP contribution < -0.4 is 10.2 Å². The fraction of sp³-hybridized carbons (Fsp3) is 0.912. The Morgan fingerprint density at radius 3 is 1.74 bits per heavy atom. The zero-order valence-corrected chi connectivity index (χ0v) is 29.6. The van der Waals surface area contributed by atoms with Gasteiger partial charge in [0, 0.05) is 6.42 Å². The van der Waals surface area contributed by atoms with Crippen LogP contribution in [0, 0.1) is 0 Å². The van der Waals surface area contributed by atoms with Gasteiger partial charge in [0.15, 0.2) is 0 Å². The largest absolute Gasteiger partial charge is 0.756 e. The SMILES string of the molecule is CCCCCCCCCC/C=C/C(O)C(COP(=O)([O-])OCC[N+](C)(C)C)NC(=O)CCCCCCCCCCCCC. The molecule has 0 fully saturated rings. The van der Waals surface area contributed by atoms with E-state index in [-0.39, 0.29) is 19.1 Å². The van der Waals surface area contributed by atoms with E-state index in [1.807, 2.05) is 27.2 Å². The van der Waals surface area contributed by atoms with E-state index in [9.17, 15) is 19.4 Å². The number of allylic oxidation sites excluding steroid dienone is 1. The second-order valence-electron chi connectivity index (χ2n) is 13.2. The van der Waals surface area contributed by atoms with Crippen molar-refractivity contribution in [1.29, 1.82) is 0 Å². The van der Waals surface area contributed by atoms with Gasteiger partial charge >= 0.3 is 0 Å². The maximum atomic E-state index is 12.7. The van der Waals surface area contributed by atoms with Gasteiger partial charge in [0.25, 0.3) is 7.82 Å². The van der Waals surface area contributed by atoms with Gasteiger partial charge < -0.3 is 28.8 Å². The standard InChI is InChI=1S/C34H69N2O6P/c1-6-8-10-12-14-16-18-20-22-24-26-28-34(38)35-32(31-42-43(39,40)41-30-29-36(3,4)5)33(37)27-25-23-21-19-17-15-13-11-9-7-2/h25,27,32-33,37H,6-24,26,28-31H2,1-5H3,(H-,35,38,39,40)/b27-25+. The van der Waals surface area contributed by atoms with E-state index < -0.39 is 20.0 Å². The van der Waals surface area contributed by atoms with Gasteiger partial charge in [-0.25, -0.2) is 0 Å². The molecule has 0 bridgehead atoms. The topological polar surface area (TPSA) is 108 Å². The van der Waals surface area contributed by atoms with Gasteiger partial charge in [-0.15, -0.1) is 0 Å². The Bertz CT molecular complexity index is 728. The van der Waals surface area contributed by atoms with Crippen LogP contribution in [-0.4, -0.2) is 68.5 Å². The first-order valence-corrected chi connectivity index (χ1v) is 19.0. The van der Waals surface area contributed by atoms with Gasteiger partial charge in [-0.1, -0.05) is 135 Å². The third-order valence-corrected chi connectivity index (χ3v) is 8.71. The number of phosphoric acid groups is 1. The molecular weight excluding hydrogens is 563 g/mol. The normalized spacial score (nSPS) is 15.0. The van der Waals surface area contributed by atoms with Gasteiger partial charge in [0.1, 0.15) is 13.2 Å². The predicted octanol–water partition coefficient (Wildman–Crippen LogP) is 7.83. The zero-order chi connectivity index (χ0) is 32.2. The fourth-order valence-electron chi connectivity index (χ4n) is 4.86. The highest BCUT2D eigenvalue weighted by Crippen LogP contribution is 2.38. The first kappa shape index (κ1) is 42.2. The van der Waals surface area contributed by atoms with Crippen LogP contribution >= 0.6 is 7.82 Å². The Kier molecular flexibility index (Phi) is 27.1. The lowest BCUT2D eigenvalue weighted by atomic mass is 10.0. The minimum absolute atomic E-state index is 0.00121. The molecule has 256 valence electrons. The molecule has 9 heteroatoms. The lowest BCUT2D eigenvalue weighted by Gasteiger charge is -2.29. The van der Waals surface area contributed by atoms with E-state index in [1.165, 1.54) is 89.9 Å². The van der Waals surface area contributed by atoms with Crippen molar-refractivity contribution in [2.45, 2.75) is 161 Å². The number of nitrogens with one attached hydrogen (secondary N) is 1. The first-order valence-electron chi connectivity index (χ1n) is 17.6. The maximum Gasteiger partial charge on any atom is 0.268 e. The number of hydrogen-bond donors (Lipinski definition) is 2. The molecule has 0 radical (unpaired) electrons. The average molecular weight is 633 g/mol. The van der Waals surface area contributed by atoms with Gasteiger partial charge in [-0.2, -0.15) is 0 Å². The molecule has 0 spiro atoms. The van der Waals surface area contributed by atoms with E-state index in [4.69, 9.17) is 9.05 Å². The smallest absolute Gasteiger partial charge is 0.268 e. The monoisotopic (exact) mass is 632 g/mol. The number of aliphatic hydroxyl groups is 1. The second-order valence-corrected chi connectivity index (χ2v) is 14.6. The highest BCUT2D eigenvalue weighted by Gasteiger charge is 2.23. The van der Waals surface area contributed by atoms with Crippen LogP contribution in [0.3, 0.4) is 0 Å². The molecule has 3 atom stereocenters. The van der Waals surface area contributed by atoms with Crippen molar-refractivity contribution >= 4 is 13.7 Å². The first-order chi connectivity index (χ1) is 20.5. The number of carbonyl (C=O) groups excluding carboxylic acids is 1. The number of aliphatic hydroxyl groups excluding tert-OH is 1. The molecule has 3 unspecified atom stereocenters. The molecule has 0 aromatic heterocycles. The quantitative estimate of drug-likeness (QED) is 0.0349. The second kappa shape index (κ2) is 27.5. The van der Waals surface area contributed by atoms with Gasteiger partial charge in [-0.05, 0) is 19.3 Å². The summed E-state index contributed by atoms with van der Waals surface area (Å²) in [6.45, 7) is 4.59. The Labute approximate surface area is 265 Å². The Hall–Kier alpha value is -0.760. The van der Waals surface area contributed by atoms with Crippen molar-refractivity contribution in [1.82, 2.24) is 5.32 Å². The number of hydrogen-bond acceptors (Lipinski definition) is 6. The molecular formula is C34H69N2O6P. The highest BCUT2D eigenvalue weighted by molar-refractivity contribution is 7.45. The Balaban J connectivity index is 4.59. The van der Waals surface area contributed by atoms with E-state index in [0.717, 1.165) is 38.5 Å². The van der Waals surface area contributed by atoms with Crippen molar-refractivity contribution < 1.29 is 32.9 Å². The number of amides is 1. The van der Waals surface area contributed by atoms with Crippen LogP contribution in [0.1, 0.15) is 149 Å². The summed E-state index contributed by atoms with van der Waals surface area (Å²) < 4.78 is 23.0. The van der Waals surface area contributed by atoms with Crippen molar-refractivity contribution in [2.24, 2.45) is 0 Å². The molecule has 43 heavy (non-hydrogen) atoms. The Morgan fingerprint density at radius 2 is 1.26 bits per heavy atom. The van der Waals surface area contributed by atoms with Crippen LogP contribution in [0.25, 0.3) is 0 Å². The van der Waals surface area contributed by atoms with Gasteiger partial charge in [0.2, 0.25) is 5.91 Å². The van der Waals surface area contributed by atoms with E-state index in [1.54, 1.807) is 6.08 Å². The van der Waals surface area contributed by atoms with Crippen LogP contribution in [-0.2, 0) is 18.4 Å². The molecule has 0 aromatic carbocycles. The van der Waals surface area contributed by atoms with Crippen molar-refractivity contribution in [3.63, 3.8) is 0 Å².